The number of carbonyl (C=O) groups is 3. The Morgan fingerprint density at radius 3 is 1.95 bits per heavy atom. The van der Waals surface area contributed by atoms with Gasteiger partial charge in [-0.25, -0.2) is 9.59 Å². The van der Waals surface area contributed by atoms with Gasteiger partial charge in [0.2, 0.25) is 0 Å². The van der Waals surface area contributed by atoms with Crippen LogP contribution in [0.25, 0.3) is 11.1 Å². The summed E-state index contributed by atoms with van der Waals surface area (Å²) in [5, 5.41) is 16.6. The molecule has 0 unspecified atom stereocenters. The Morgan fingerprint density at radius 2 is 1.39 bits per heavy atom. The molecule has 1 atom stereocenters. The quantitative estimate of drug-likeness (QED) is 0.470. The zero-order valence-corrected chi connectivity index (χ0v) is 21.7. The van der Waals surface area contributed by atoms with Crippen LogP contribution in [0.3, 0.4) is 0 Å². The van der Waals surface area contributed by atoms with Crippen LogP contribution in [0, 0.1) is 0 Å². The highest BCUT2D eigenvalue weighted by molar-refractivity contribution is 5.80. The molecule has 1 aliphatic carbocycles. The minimum Gasteiger partial charge on any atom is -0.548 e. The van der Waals surface area contributed by atoms with E-state index in [4.69, 9.17) is 9.47 Å². The molecule has 0 saturated heterocycles. The van der Waals surface area contributed by atoms with Gasteiger partial charge in [0.25, 0.3) is 0 Å². The van der Waals surface area contributed by atoms with Gasteiger partial charge in [0, 0.05) is 12.5 Å². The molecule has 0 saturated carbocycles. The van der Waals surface area contributed by atoms with Crippen molar-refractivity contribution in [3.05, 3.63) is 95.1 Å². The summed E-state index contributed by atoms with van der Waals surface area (Å²) in [6.07, 6.45) is -1.31. The smallest absolute Gasteiger partial charge is 0.408 e. The number of carboxylic acids is 1. The predicted molar refractivity (Wildman–Crippen MR) is 140 cm³/mol. The number of hydrogen-bond acceptors (Lipinski definition) is 6. The SMILES string of the molecule is CC(C)(C)OC(=O)N[C@@H](Cc1ccc(CNC(=O)OCC2c3ccccc3-c3ccccc32)cc1)C(=O)[O-]. The molecule has 2 amide bonds. The predicted octanol–water partition coefficient (Wildman–Crippen LogP) is 3.91. The molecule has 8 heteroatoms. The number of carbonyl (C=O) groups excluding carboxylic acids is 3. The van der Waals surface area contributed by atoms with Crippen molar-refractivity contribution in [1.82, 2.24) is 10.6 Å². The highest BCUT2D eigenvalue weighted by atomic mass is 16.6. The molecule has 3 aromatic carbocycles. The zero-order chi connectivity index (χ0) is 27.3. The van der Waals surface area contributed by atoms with E-state index >= 15 is 0 Å². The van der Waals surface area contributed by atoms with E-state index in [1.807, 2.05) is 24.3 Å². The van der Waals surface area contributed by atoms with E-state index in [0.717, 1.165) is 16.7 Å². The minimum atomic E-state index is -1.41. The fourth-order valence-corrected chi connectivity index (χ4v) is 4.50. The Labute approximate surface area is 222 Å². The van der Waals surface area contributed by atoms with Crippen LogP contribution in [-0.4, -0.2) is 36.4 Å². The second-order valence-electron chi connectivity index (χ2n) is 10.2. The normalized spacial score (nSPS) is 13.1. The highest BCUT2D eigenvalue weighted by Gasteiger charge is 2.29. The first-order valence-electron chi connectivity index (χ1n) is 12.5. The average molecular weight is 516 g/mol. The Kier molecular flexibility index (Phi) is 8.00. The van der Waals surface area contributed by atoms with Crippen molar-refractivity contribution in [2.75, 3.05) is 6.61 Å². The molecule has 3 aromatic rings. The van der Waals surface area contributed by atoms with Gasteiger partial charge in [0.05, 0.1) is 12.0 Å². The van der Waals surface area contributed by atoms with Crippen molar-refractivity contribution in [3.8, 4) is 11.1 Å². The fraction of sp³-hybridized carbons (Fsp3) is 0.300. The third kappa shape index (κ3) is 6.70. The molecule has 0 radical (unpaired) electrons. The second kappa shape index (κ2) is 11.4. The van der Waals surface area contributed by atoms with Crippen LogP contribution >= 0.6 is 0 Å². The summed E-state index contributed by atoms with van der Waals surface area (Å²) in [4.78, 5) is 35.9. The Balaban J connectivity index is 1.28. The number of alkyl carbamates (subject to hydrolysis) is 2. The third-order valence-electron chi connectivity index (χ3n) is 6.22. The first kappa shape index (κ1) is 26.7. The lowest BCUT2D eigenvalue weighted by molar-refractivity contribution is -0.308. The minimum absolute atomic E-state index is 0.0154. The Bertz CT molecular complexity index is 1270. The van der Waals surface area contributed by atoms with Crippen molar-refractivity contribution >= 4 is 18.2 Å². The molecule has 8 nitrogen and oxygen atoms in total. The number of fused-ring (bicyclic) bond motifs is 3. The molecule has 0 spiro atoms. The van der Waals surface area contributed by atoms with Gasteiger partial charge < -0.3 is 30.0 Å². The molecular formula is C30H31N2O6-. The monoisotopic (exact) mass is 515 g/mol. The van der Waals surface area contributed by atoms with Crippen molar-refractivity contribution in [1.29, 1.82) is 0 Å². The zero-order valence-electron chi connectivity index (χ0n) is 21.7. The number of rotatable bonds is 8. The van der Waals surface area contributed by atoms with E-state index in [-0.39, 0.29) is 25.5 Å². The summed E-state index contributed by atoms with van der Waals surface area (Å²) in [6, 6.07) is 22.1. The van der Waals surface area contributed by atoms with Crippen LogP contribution in [0.2, 0.25) is 0 Å². The van der Waals surface area contributed by atoms with E-state index in [9.17, 15) is 19.5 Å². The summed E-state index contributed by atoms with van der Waals surface area (Å²) in [5.41, 5.74) is 5.37. The van der Waals surface area contributed by atoms with Crippen molar-refractivity contribution < 1.29 is 29.0 Å². The van der Waals surface area contributed by atoms with Gasteiger partial charge >= 0.3 is 12.2 Å². The number of ether oxygens (including phenoxy) is 2. The Hall–Kier alpha value is -4.33. The summed E-state index contributed by atoms with van der Waals surface area (Å²) >= 11 is 0. The summed E-state index contributed by atoms with van der Waals surface area (Å²) in [6.45, 7) is 5.55. The molecule has 0 aliphatic heterocycles. The van der Waals surface area contributed by atoms with Crippen LogP contribution < -0.4 is 15.7 Å². The van der Waals surface area contributed by atoms with Crippen LogP contribution in [0.5, 0.6) is 0 Å². The van der Waals surface area contributed by atoms with Crippen molar-refractivity contribution in [2.24, 2.45) is 0 Å². The van der Waals surface area contributed by atoms with E-state index in [2.05, 4.69) is 34.9 Å². The first-order valence-corrected chi connectivity index (χ1v) is 12.5. The maximum Gasteiger partial charge on any atom is 0.408 e. The number of nitrogens with one attached hydrogen (secondary N) is 2. The first-order chi connectivity index (χ1) is 18.1. The summed E-state index contributed by atoms with van der Waals surface area (Å²) in [7, 11) is 0. The van der Waals surface area contributed by atoms with Crippen LogP contribution in [0.15, 0.2) is 72.8 Å². The van der Waals surface area contributed by atoms with Gasteiger partial charge in [0.15, 0.2) is 0 Å². The lowest BCUT2D eigenvalue weighted by Crippen LogP contribution is -2.50. The lowest BCUT2D eigenvalue weighted by atomic mass is 9.98. The van der Waals surface area contributed by atoms with Gasteiger partial charge in [-0.1, -0.05) is 72.8 Å². The van der Waals surface area contributed by atoms with Gasteiger partial charge in [0.1, 0.15) is 12.2 Å². The van der Waals surface area contributed by atoms with E-state index in [0.29, 0.717) is 5.56 Å². The lowest BCUT2D eigenvalue weighted by Gasteiger charge is -2.24. The molecule has 1 aliphatic rings. The van der Waals surface area contributed by atoms with Crippen LogP contribution in [-0.2, 0) is 27.2 Å². The van der Waals surface area contributed by atoms with E-state index < -0.39 is 29.8 Å². The number of benzene rings is 3. The molecule has 38 heavy (non-hydrogen) atoms. The largest absolute Gasteiger partial charge is 0.548 e. The number of amides is 2. The molecule has 0 bridgehead atoms. The van der Waals surface area contributed by atoms with E-state index in [1.165, 1.54) is 11.1 Å². The molecule has 0 aromatic heterocycles. The van der Waals surface area contributed by atoms with Gasteiger partial charge in [-0.2, -0.15) is 0 Å². The van der Waals surface area contributed by atoms with Crippen molar-refractivity contribution in [2.45, 2.75) is 51.3 Å². The van der Waals surface area contributed by atoms with Crippen molar-refractivity contribution in [3.63, 3.8) is 0 Å². The fourth-order valence-electron chi connectivity index (χ4n) is 4.50. The van der Waals surface area contributed by atoms with Gasteiger partial charge in [-0.3, -0.25) is 0 Å². The van der Waals surface area contributed by atoms with Gasteiger partial charge in [-0.15, -0.1) is 0 Å². The number of hydrogen-bond donors (Lipinski definition) is 2. The molecule has 2 N–H and O–H groups in total. The maximum atomic E-state index is 12.4. The average Bonchev–Trinajstić information content (AvgIpc) is 3.19. The summed E-state index contributed by atoms with van der Waals surface area (Å²) in [5.74, 6) is -1.42. The Morgan fingerprint density at radius 1 is 0.842 bits per heavy atom. The molecule has 4 rings (SSSR count). The van der Waals surface area contributed by atoms with Gasteiger partial charge in [-0.05, 0) is 60.6 Å². The van der Waals surface area contributed by atoms with E-state index in [1.54, 1.807) is 45.0 Å². The number of aliphatic carboxylic acids is 1. The molecule has 0 heterocycles. The molecule has 198 valence electrons. The third-order valence-corrected chi connectivity index (χ3v) is 6.22. The summed E-state index contributed by atoms with van der Waals surface area (Å²) < 4.78 is 10.7. The molecular weight excluding hydrogens is 484 g/mol. The maximum absolute atomic E-state index is 12.4. The molecule has 0 fully saturated rings. The van der Waals surface area contributed by atoms with Crippen LogP contribution in [0.4, 0.5) is 9.59 Å². The highest BCUT2D eigenvalue weighted by Crippen LogP contribution is 2.44. The van der Waals surface area contributed by atoms with Crippen LogP contribution in [0.1, 0.15) is 48.9 Å². The topological polar surface area (TPSA) is 117 Å². The second-order valence-corrected chi connectivity index (χ2v) is 10.2. The standard InChI is InChI=1S/C30H32N2O6/c1-30(2,3)38-29(36)32-26(27(33)34)16-19-12-14-20(15-13-19)17-31-28(35)37-18-25-23-10-6-4-8-21(23)22-9-5-7-11-24(22)25/h4-15,25-26H,16-18H2,1-3H3,(H,31,35)(H,32,36)(H,33,34)/p-1/t26-/m0/s1. The number of carboxylic acid groups (broad SMARTS) is 1.